The summed E-state index contributed by atoms with van der Waals surface area (Å²) >= 11 is 0. The number of rotatable bonds is 1. The Morgan fingerprint density at radius 3 is 2.65 bits per heavy atom. The third-order valence-corrected chi connectivity index (χ3v) is 3.41. The molecule has 3 heteroatoms. The molecule has 0 atom stereocenters. The van der Waals surface area contributed by atoms with Crippen molar-refractivity contribution in [1.82, 2.24) is 0 Å². The lowest BCUT2D eigenvalue weighted by molar-refractivity contribution is 1.26. The Bertz CT molecular complexity index is 685. The van der Waals surface area contributed by atoms with Crippen LogP contribution in [0.2, 0.25) is 0 Å². The number of nitrogens with zero attached hydrogens (tertiary/aromatic N) is 2. The third kappa shape index (κ3) is 2.35. The van der Waals surface area contributed by atoms with Crippen LogP contribution in [-0.2, 0) is 0 Å². The molecule has 0 spiro atoms. The molecular weight excluding hydrogens is 246 g/mol. The van der Waals surface area contributed by atoms with Gasteiger partial charge in [0, 0.05) is 23.9 Å². The molecule has 0 aliphatic carbocycles. The van der Waals surface area contributed by atoms with Crippen LogP contribution in [0.25, 0.3) is 0 Å². The van der Waals surface area contributed by atoms with E-state index in [1.165, 1.54) is 5.56 Å². The molecule has 0 amide bonds. The highest BCUT2D eigenvalue weighted by Gasteiger charge is 2.16. The van der Waals surface area contributed by atoms with Crippen molar-refractivity contribution < 1.29 is 0 Å². The zero-order valence-corrected chi connectivity index (χ0v) is 11.7. The minimum absolute atomic E-state index is 0.578. The number of nitrogens with one attached hydrogen (secondary N) is 1. The van der Waals surface area contributed by atoms with Gasteiger partial charge < -0.3 is 5.32 Å². The van der Waals surface area contributed by atoms with E-state index >= 15 is 0 Å². The quantitative estimate of drug-likeness (QED) is 0.842. The number of benzodiazepines with no additional fused rings is 1. The number of benzene rings is 2. The van der Waals surface area contributed by atoms with Gasteiger partial charge in [-0.05, 0) is 19.1 Å². The lowest BCUT2D eigenvalue weighted by atomic mass is 9.99. The van der Waals surface area contributed by atoms with Crippen molar-refractivity contribution in [3.05, 3.63) is 65.2 Å². The van der Waals surface area contributed by atoms with Gasteiger partial charge in [-0.1, -0.05) is 42.0 Å². The van der Waals surface area contributed by atoms with E-state index in [-0.39, 0.29) is 0 Å². The molecular formula is C17H17N3. The normalized spacial score (nSPS) is 16.1. The van der Waals surface area contributed by atoms with Crippen LogP contribution in [0.1, 0.15) is 16.7 Å². The number of hydrogen-bond acceptors (Lipinski definition) is 2. The number of anilines is 1. The highest BCUT2D eigenvalue weighted by atomic mass is 15.0. The van der Waals surface area contributed by atoms with Gasteiger partial charge in [0.1, 0.15) is 5.84 Å². The van der Waals surface area contributed by atoms with Gasteiger partial charge in [-0.15, -0.1) is 0 Å². The first-order valence-electron chi connectivity index (χ1n) is 6.71. The van der Waals surface area contributed by atoms with Gasteiger partial charge in [-0.3, -0.25) is 9.98 Å². The van der Waals surface area contributed by atoms with Crippen LogP contribution >= 0.6 is 0 Å². The predicted octanol–water partition coefficient (Wildman–Crippen LogP) is 3.29. The molecule has 0 fully saturated rings. The first kappa shape index (κ1) is 12.6. The summed E-state index contributed by atoms with van der Waals surface area (Å²) in [7, 11) is 1.79. The molecule has 0 radical (unpaired) electrons. The summed E-state index contributed by atoms with van der Waals surface area (Å²) in [4.78, 5) is 9.01. The Hall–Kier alpha value is -2.42. The number of amidine groups is 1. The van der Waals surface area contributed by atoms with Gasteiger partial charge in [0.25, 0.3) is 0 Å². The molecule has 2 aromatic carbocycles. The first-order chi connectivity index (χ1) is 9.78. The molecule has 1 heterocycles. The maximum absolute atomic E-state index is 4.75. The molecule has 100 valence electrons. The number of aryl methyl sites for hydroxylation is 1. The standard InChI is InChI=1S/C17H17N3/c1-12-8-9-15-14(10-12)17(13-6-4-3-5-7-13)19-11-16(18-2)20-15/h3-10H,11H2,1-2H3,(H,18,20). The summed E-state index contributed by atoms with van der Waals surface area (Å²) in [5.41, 5.74) is 5.59. The van der Waals surface area contributed by atoms with Crippen molar-refractivity contribution in [2.24, 2.45) is 9.98 Å². The van der Waals surface area contributed by atoms with E-state index in [2.05, 4.69) is 47.6 Å². The van der Waals surface area contributed by atoms with Crippen LogP contribution in [0.5, 0.6) is 0 Å². The van der Waals surface area contributed by atoms with Crippen molar-refractivity contribution >= 4 is 17.2 Å². The summed E-state index contributed by atoms with van der Waals surface area (Å²) in [5, 5.41) is 3.37. The van der Waals surface area contributed by atoms with E-state index in [9.17, 15) is 0 Å². The fourth-order valence-electron chi connectivity index (χ4n) is 2.37. The molecule has 3 nitrogen and oxygen atoms in total. The van der Waals surface area contributed by atoms with Crippen LogP contribution in [-0.4, -0.2) is 25.1 Å². The number of hydrogen-bond donors (Lipinski definition) is 1. The summed E-state index contributed by atoms with van der Waals surface area (Å²) in [5.74, 6) is 0.890. The van der Waals surface area contributed by atoms with Crippen molar-refractivity contribution in [2.45, 2.75) is 6.92 Å². The summed E-state index contributed by atoms with van der Waals surface area (Å²) in [6.07, 6.45) is 0. The molecule has 20 heavy (non-hydrogen) atoms. The smallest absolute Gasteiger partial charge is 0.122 e. The van der Waals surface area contributed by atoms with Gasteiger partial charge >= 0.3 is 0 Å². The average Bonchev–Trinajstić information content (AvgIpc) is 2.67. The Balaban J connectivity index is 2.19. The fraction of sp³-hybridized carbons (Fsp3) is 0.176. The SMILES string of the molecule is CN=C1CN=C(c2ccccc2)c2cc(C)ccc2N1. The topological polar surface area (TPSA) is 36.8 Å². The monoisotopic (exact) mass is 263 g/mol. The molecule has 1 aliphatic rings. The molecule has 0 aromatic heterocycles. The second kappa shape index (κ2) is 5.29. The van der Waals surface area contributed by atoms with Crippen molar-refractivity contribution in [2.75, 3.05) is 18.9 Å². The maximum Gasteiger partial charge on any atom is 0.122 e. The second-order valence-corrected chi connectivity index (χ2v) is 4.88. The Kier molecular flexibility index (Phi) is 3.33. The highest BCUT2D eigenvalue weighted by Crippen LogP contribution is 2.24. The van der Waals surface area contributed by atoms with Gasteiger partial charge in [0.2, 0.25) is 0 Å². The van der Waals surface area contributed by atoms with Crippen molar-refractivity contribution in [1.29, 1.82) is 0 Å². The van der Waals surface area contributed by atoms with Gasteiger partial charge in [-0.25, -0.2) is 0 Å². The van der Waals surface area contributed by atoms with Gasteiger partial charge in [0.15, 0.2) is 0 Å². The zero-order valence-electron chi connectivity index (χ0n) is 11.7. The van der Waals surface area contributed by atoms with Crippen LogP contribution in [0.3, 0.4) is 0 Å². The van der Waals surface area contributed by atoms with Crippen LogP contribution in [0.15, 0.2) is 58.5 Å². The number of fused-ring (bicyclic) bond motifs is 1. The largest absolute Gasteiger partial charge is 0.342 e. The molecule has 3 rings (SSSR count). The Morgan fingerprint density at radius 2 is 1.90 bits per heavy atom. The van der Waals surface area contributed by atoms with E-state index in [0.717, 1.165) is 28.4 Å². The Morgan fingerprint density at radius 1 is 1.10 bits per heavy atom. The van der Waals surface area contributed by atoms with Crippen LogP contribution < -0.4 is 5.32 Å². The van der Waals surface area contributed by atoms with Gasteiger partial charge in [-0.2, -0.15) is 0 Å². The molecule has 0 unspecified atom stereocenters. The predicted molar refractivity (Wildman–Crippen MR) is 85.1 cm³/mol. The lowest BCUT2D eigenvalue weighted by Crippen LogP contribution is -2.14. The van der Waals surface area contributed by atoms with Crippen LogP contribution in [0.4, 0.5) is 5.69 Å². The third-order valence-electron chi connectivity index (χ3n) is 3.41. The van der Waals surface area contributed by atoms with E-state index in [1.807, 2.05) is 18.2 Å². The fourth-order valence-corrected chi connectivity index (χ4v) is 2.37. The highest BCUT2D eigenvalue weighted by molar-refractivity contribution is 6.19. The summed E-state index contributed by atoms with van der Waals surface area (Å²) in [6.45, 7) is 2.68. The minimum atomic E-state index is 0.578. The Labute approximate surface area is 119 Å². The molecule has 0 saturated heterocycles. The summed E-state index contributed by atoms with van der Waals surface area (Å²) in [6, 6.07) is 16.7. The molecule has 2 aromatic rings. The first-order valence-corrected chi connectivity index (χ1v) is 6.71. The van der Waals surface area contributed by atoms with Gasteiger partial charge in [0.05, 0.1) is 12.3 Å². The van der Waals surface area contributed by atoms with E-state index in [4.69, 9.17) is 4.99 Å². The molecule has 1 N–H and O–H groups in total. The lowest BCUT2D eigenvalue weighted by Gasteiger charge is -2.11. The van der Waals surface area contributed by atoms with E-state index in [1.54, 1.807) is 7.05 Å². The van der Waals surface area contributed by atoms with Crippen molar-refractivity contribution in [3.8, 4) is 0 Å². The maximum atomic E-state index is 4.75. The minimum Gasteiger partial charge on any atom is -0.342 e. The van der Waals surface area contributed by atoms with Crippen LogP contribution in [0, 0.1) is 6.92 Å². The molecule has 0 bridgehead atoms. The van der Waals surface area contributed by atoms with E-state index in [0.29, 0.717) is 6.54 Å². The molecule has 0 saturated carbocycles. The van der Waals surface area contributed by atoms with E-state index < -0.39 is 0 Å². The average molecular weight is 263 g/mol. The summed E-state index contributed by atoms with van der Waals surface area (Å²) < 4.78 is 0. The second-order valence-electron chi connectivity index (χ2n) is 4.88. The molecule has 1 aliphatic heterocycles. The number of aliphatic imine (C=N–C) groups is 2. The zero-order chi connectivity index (χ0) is 13.9. The van der Waals surface area contributed by atoms with Crippen molar-refractivity contribution in [3.63, 3.8) is 0 Å².